The number of aromatic nitrogens is 2. The van der Waals surface area contributed by atoms with E-state index in [1.165, 1.54) is 12.8 Å². The second kappa shape index (κ2) is 6.44. The second-order valence-electron chi connectivity index (χ2n) is 9.06. The minimum absolute atomic E-state index is 0.347. The Labute approximate surface area is 164 Å². The van der Waals surface area contributed by atoms with E-state index < -0.39 is 0 Å². The highest BCUT2D eigenvalue weighted by Gasteiger charge is 2.52. The fourth-order valence-corrected chi connectivity index (χ4v) is 6.06. The maximum atomic E-state index is 13.0. The number of carbonyl (C=O) groups excluding carboxylic acids is 1. The summed E-state index contributed by atoms with van der Waals surface area (Å²) in [4.78, 5) is 26.1. The number of piperidine rings is 1. The Bertz CT molecular complexity index is 847. The van der Waals surface area contributed by atoms with Crippen LogP contribution in [-0.2, 0) is 4.79 Å². The molecule has 6 rings (SSSR count). The lowest BCUT2D eigenvalue weighted by atomic mass is 9.82. The first kappa shape index (κ1) is 16.8. The summed E-state index contributed by atoms with van der Waals surface area (Å²) in [6.07, 6.45) is 7.16. The van der Waals surface area contributed by atoms with Crippen molar-refractivity contribution < 1.29 is 9.21 Å². The van der Waals surface area contributed by atoms with Gasteiger partial charge in [-0.3, -0.25) is 4.79 Å². The average molecular weight is 381 g/mol. The van der Waals surface area contributed by atoms with E-state index in [0.29, 0.717) is 53.8 Å². The van der Waals surface area contributed by atoms with E-state index in [4.69, 9.17) is 4.42 Å². The lowest BCUT2D eigenvalue weighted by Gasteiger charge is -2.32. The molecule has 1 amide bonds. The third kappa shape index (κ3) is 2.70. The van der Waals surface area contributed by atoms with Crippen molar-refractivity contribution in [1.82, 2.24) is 20.2 Å². The molecule has 148 valence electrons. The molecule has 4 fully saturated rings. The van der Waals surface area contributed by atoms with Crippen molar-refractivity contribution in [2.75, 3.05) is 31.1 Å². The average Bonchev–Trinajstić information content (AvgIpc) is 3.48. The second-order valence-corrected chi connectivity index (χ2v) is 9.06. The number of rotatable bonds is 3. The minimum Gasteiger partial charge on any atom is -0.422 e. The van der Waals surface area contributed by atoms with Crippen LogP contribution in [0.2, 0.25) is 0 Å². The molecule has 1 unspecified atom stereocenters. The number of hydrogen-bond acceptors (Lipinski definition) is 6. The van der Waals surface area contributed by atoms with Crippen molar-refractivity contribution in [2.24, 2.45) is 17.8 Å². The summed E-state index contributed by atoms with van der Waals surface area (Å²) in [6.45, 7) is 3.70. The predicted molar refractivity (Wildman–Crippen MR) is 105 cm³/mol. The zero-order valence-corrected chi connectivity index (χ0v) is 16.1. The van der Waals surface area contributed by atoms with Gasteiger partial charge < -0.3 is 19.5 Å². The molecule has 2 aromatic heterocycles. The highest BCUT2D eigenvalue weighted by Crippen LogP contribution is 2.43. The Kier molecular flexibility index (Phi) is 3.86. The number of pyridine rings is 1. The quantitative estimate of drug-likeness (QED) is 0.877. The van der Waals surface area contributed by atoms with E-state index in [9.17, 15) is 4.79 Å². The van der Waals surface area contributed by atoms with Gasteiger partial charge in [-0.15, -0.1) is 0 Å². The van der Waals surface area contributed by atoms with Crippen LogP contribution in [0.5, 0.6) is 0 Å². The molecule has 7 nitrogen and oxygen atoms in total. The first-order valence-electron chi connectivity index (χ1n) is 10.7. The fraction of sp³-hybridized carbons (Fsp3) is 0.667. The van der Waals surface area contributed by atoms with Gasteiger partial charge in [0.2, 0.25) is 11.6 Å². The van der Waals surface area contributed by atoms with Gasteiger partial charge in [-0.25, -0.2) is 4.98 Å². The summed E-state index contributed by atoms with van der Waals surface area (Å²) >= 11 is 0. The summed E-state index contributed by atoms with van der Waals surface area (Å²) in [5.74, 6) is 2.11. The van der Waals surface area contributed by atoms with Crippen molar-refractivity contribution in [3.63, 3.8) is 0 Å². The highest BCUT2D eigenvalue weighted by molar-refractivity contribution is 5.77. The monoisotopic (exact) mass is 381 g/mol. The maximum Gasteiger partial charge on any atom is 0.299 e. The zero-order valence-electron chi connectivity index (χ0n) is 16.1. The van der Waals surface area contributed by atoms with Gasteiger partial charge in [0.15, 0.2) is 5.58 Å². The van der Waals surface area contributed by atoms with Crippen molar-refractivity contribution in [2.45, 2.75) is 44.2 Å². The smallest absolute Gasteiger partial charge is 0.299 e. The molecular formula is C21H27N5O2. The molecule has 0 spiro atoms. The number of nitrogens with zero attached hydrogens (tertiary/aromatic N) is 4. The van der Waals surface area contributed by atoms with E-state index in [1.54, 1.807) is 6.20 Å². The van der Waals surface area contributed by atoms with Crippen LogP contribution in [0.1, 0.15) is 32.1 Å². The maximum absolute atomic E-state index is 13.0. The molecule has 4 saturated heterocycles. The minimum atomic E-state index is 0.347. The normalized spacial score (nSPS) is 34.4. The van der Waals surface area contributed by atoms with E-state index in [1.807, 2.05) is 12.1 Å². The van der Waals surface area contributed by atoms with Gasteiger partial charge in [0, 0.05) is 50.9 Å². The molecule has 2 aromatic rings. The molecule has 0 aromatic carbocycles. The Hall–Kier alpha value is -2.15. The first-order chi connectivity index (χ1) is 13.7. The fourth-order valence-electron chi connectivity index (χ4n) is 6.06. The lowest BCUT2D eigenvalue weighted by Crippen LogP contribution is -2.40. The van der Waals surface area contributed by atoms with E-state index in [0.717, 1.165) is 44.6 Å². The third-order valence-corrected chi connectivity index (χ3v) is 7.42. The van der Waals surface area contributed by atoms with Crippen LogP contribution in [0.4, 0.5) is 6.01 Å². The van der Waals surface area contributed by atoms with Gasteiger partial charge in [-0.1, -0.05) is 0 Å². The SMILES string of the molecule is O=C(CC1CCCN(c2nc3ncccc3o2)C1)N1C[C@@H]2[C@H](C1)[C@@H]1CC[C@H]2N1. The number of amides is 1. The number of oxazole rings is 1. The number of nitrogens with one attached hydrogen (secondary N) is 1. The molecule has 2 bridgehead atoms. The van der Waals surface area contributed by atoms with E-state index >= 15 is 0 Å². The molecular weight excluding hydrogens is 354 g/mol. The van der Waals surface area contributed by atoms with Crippen LogP contribution in [-0.4, -0.2) is 59.0 Å². The van der Waals surface area contributed by atoms with Gasteiger partial charge >= 0.3 is 0 Å². The van der Waals surface area contributed by atoms with Gasteiger partial charge in [0.1, 0.15) is 0 Å². The molecule has 4 aliphatic heterocycles. The Balaban J connectivity index is 1.10. The summed E-state index contributed by atoms with van der Waals surface area (Å²) in [6, 6.07) is 5.72. The standard InChI is InChI=1S/C21H27N5O2/c27-19(26-11-14-15(12-26)17-6-5-16(14)23-17)9-13-3-2-8-25(10-13)21-24-20-18(28-21)4-1-7-22-20/h1,4,7,13-17,23H,2-3,5-6,8-12H2/t13?,14-,15+,16-,17+. The zero-order chi connectivity index (χ0) is 18.7. The van der Waals surface area contributed by atoms with Gasteiger partial charge in [0.25, 0.3) is 6.01 Å². The van der Waals surface area contributed by atoms with Crippen LogP contribution in [0.15, 0.2) is 22.7 Å². The molecule has 0 saturated carbocycles. The topological polar surface area (TPSA) is 74.5 Å². The summed E-state index contributed by atoms with van der Waals surface area (Å²) in [5.41, 5.74) is 1.38. The molecule has 5 atom stereocenters. The number of likely N-dealkylation sites (tertiary alicyclic amines) is 1. The van der Waals surface area contributed by atoms with E-state index in [2.05, 4.69) is 25.1 Å². The molecule has 1 N–H and O–H groups in total. The third-order valence-electron chi connectivity index (χ3n) is 7.42. The lowest BCUT2D eigenvalue weighted by molar-refractivity contribution is -0.131. The highest BCUT2D eigenvalue weighted by atomic mass is 16.4. The van der Waals surface area contributed by atoms with Crippen LogP contribution in [0.25, 0.3) is 11.2 Å². The van der Waals surface area contributed by atoms with E-state index in [-0.39, 0.29) is 0 Å². The molecule has 7 heteroatoms. The van der Waals surface area contributed by atoms with Gasteiger partial charge in [-0.2, -0.15) is 4.98 Å². The van der Waals surface area contributed by atoms with Crippen LogP contribution in [0.3, 0.4) is 0 Å². The van der Waals surface area contributed by atoms with Crippen LogP contribution < -0.4 is 10.2 Å². The summed E-state index contributed by atoms with van der Waals surface area (Å²) in [5, 5.41) is 3.74. The van der Waals surface area contributed by atoms with Crippen molar-refractivity contribution in [1.29, 1.82) is 0 Å². The molecule has 4 aliphatic rings. The van der Waals surface area contributed by atoms with Crippen LogP contribution >= 0.6 is 0 Å². The summed E-state index contributed by atoms with van der Waals surface area (Å²) < 4.78 is 5.89. The Morgan fingerprint density at radius 2 is 2.00 bits per heavy atom. The number of hydrogen-bond donors (Lipinski definition) is 1. The van der Waals surface area contributed by atoms with Gasteiger partial charge in [0.05, 0.1) is 0 Å². The van der Waals surface area contributed by atoms with Crippen LogP contribution in [0, 0.1) is 17.8 Å². The number of anilines is 1. The van der Waals surface area contributed by atoms with Crippen molar-refractivity contribution >= 4 is 23.2 Å². The molecule has 28 heavy (non-hydrogen) atoms. The predicted octanol–water partition coefficient (Wildman–Crippen LogP) is 2.04. The number of fused-ring (bicyclic) bond motifs is 6. The molecule has 6 heterocycles. The largest absolute Gasteiger partial charge is 0.422 e. The molecule has 0 aliphatic carbocycles. The van der Waals surface area contributed by atoms with Gasteiger partial charge in [-0.05, 0) is 55.6 Å². The van der Waals surface area contributed by atoms with Crippen molar-refractivity contribution in [3.05, 3.63) is 18.3 Å². The Morgan fingerprint density at radius 1 is 1.18 bits per heavy atom. The summed E-state index contributed by atoms with van der Waals surface area (Å²) in [7, 11) is 0. The number of carbonyl (C=O) groups is 1. The first-order valence-corrected chi connectivity index (χ1v) is 10.7. The molecule has 0 radical (unpaired) electrons. The Morgan fingerprint density at radius 3 is 2.79 bits per heavy atom. The van der Waals surface area contributed by atoms with Crippen molar-refractivity contribution in [3.8, 4) is 0 Å².